The number of benzene rings is 1. The molecule has 0 radical (unpaired) electrons. The molecule has 90 valence electrons. The van der Waals surface area contributed by atoms with E-state index >= 15 is 0 Å². The van der Waals surface area contributed by atoms with E-state index in [0.717, 1.165) is 0 Å². The second-order valence-corrected chi connectivity index (χ2v) is 5.13. The van der Waals surface area contributed by atoms with Crippen LogP contribution in [0.15, 0.2) is 24.3 Å². The van der Waals surface area contributed by atoms with E-state index in [9.17, 15) is 0 Å². The number of nitrogens with zero attached hydrogens (tertiary/aromatic N) is 1. The summed E-state index contributed by atoms with van der Waals surface area (Å²) in [4.78, 5) is 4.93. The Morgan fingerprint density at radius 2 is 2.06 bits per heavy atom. The molecule has 1 aliphatic carbocycles. The second-order valence-electron chi connectivity index (χ2n) is 5.13. The Labute approximate surface area is 101 Å². The lowest BCUT2D eigenvalue weighted by Gasteiger charge is -2.14. The van der Waals surface area contributed by atoms with E-state index in [-0.39, 0.29) is 5.41 Å². The molecule has 0 spiro atoms. The molecule has 1 heterocycles. The predicted octanol–water partition coefficient (Wildman–Crippen LogP) is 2.41. The van der Waals surface area contributed by atoms with E-state index in [2.05, 4.69) is 42.8 Å². The van der Waals surface area contributed by atoms with Crippen molar-refractivity contribution >= 4 is 10.9 Å². The molecule has 1 fully saturated rings. The summed E-state index contributed by atoms with van der Waals surface area (Å²) in [6, 6.07) is 8.56. The lowest BCUT2D eigenvalue weighted by atomic mass is 9.94. The van der Waals surface area contributed by atoms with Gasteiger partial charge in [-0.3, -0.25) is 0 Å². The molecule has 2 N–H and O–H groups in total. The van der Waals surface area contributed by atoms with E-state index in [1.54, 1.807) is 0 Å². The van der Waals surface area contributed by atoms with Crippen molar-refractivity contribution in [2.75, 3.05) is 6.61 Å². The van der Waals surface area contributed by atoms with Crippen LogP contribution in [0.2, 0.25) is 0 Å². The Morgan fingerprint density at radius 1 is 1.35 bits per heavy atom. The van der Waals surface area contributed by atoms with Crippen molar-refractivity contribution in [3.8, 4) is 0 Å². The summed E-state index contributed by atoms with van der Waals surface area (Å²) < 4.78 is 2.27. The Morgan fingerprint density at radius 3 is 2.71 bits per heavy atom. The van der Waals surface area contributed by atoms with Crippen LogP contribution in [0.1, 0.15) is 24.1 Å². The number of hydrogen-bond donors (Lipinski definition) is 1. The van der Waals surface area contributed by atoms with Gasteiger partial charge in [-0.05, 0) is 31.4 Å². The first-order chi connectivity index (χ1) is 8.19. The molecule has 1 aromatic heterocycles. The summed E-state index contributed by atoms with van der Waals surface area (Å²) in [5, 5.41) is 1.35. The van der Waals surface area contributed by atoms with Crippen LogP contribution in [-0.2, 0) is 17.3 Å². The van der Waals surface area contributed by atoms with Gasteiger partial charge in [0.2, 0.25) is 0 Å². The minimum Gasteiger partial charge on any atom is -0.348 e. The van der Waals surface area contributed by atoms with Crippen LogP contribution in [-0.4, -0.2) is 11.2 Å². The summed E-state index contributed by atoms with van der Waals surface area (Å²) in [5.41, 5.74) is 4.23. The van der Waals surface area contributed by atoms with Crippen LogP contribution >= 0.6 is 0 Å². The van der Waals surface area contributed by atoms with Gasteiger partial charge >= 0.3 is 0 Å². The first-order valence-electron chi connectivity index (χ1n) is 6.06. The molecule has 0 unspecified atom stereocenters. The third kappa shape index (κ3) is 1.43. The minimum absolute atomic E-state index is 0.166. The van der Waals surface area contributed by atoms with Gasteiger partial charge in [0.25, 0.3) is 0 Å². The molecule has 17 heavy (non-hydrogen) atoms. The maximum absolute atomic E-state index is 5.29. The van der Waals surface area contributed by atoms with Gasteiger partial charge in [-0.1, -0.05) is 18.2 Å². The fourth-order valence-electron chi connectivity index (χ4n) is 2.97. The molecule has 1 aliphatic rings. The maximum Gasteiger partial charge on any atom is 0.0776 e. The second kappa shape index (κ2) is 3.59. The van der Waals surface area contributed by atoms with Crippen molar-refractivity contribution in [2.24, 2.45) is 12.9 Å². The highest BCUT2D eigenvalue weighted by molar-refractivity contribution is 5.87. The lowest BCUT2D eigenvalue weighted by Crippen LogP contribution is -2.19. The molecule has 0 aliphatic heterocycles. The number of para-hydroxylation sites is 1. The Kier molecular flexibility index (Phi) is 2.28. The van der Waals surface area contributed by atoms with Crippen molar-refractivity contribution in [3.63, 3.8) is 0 Å². The summed E-state index contributed by atoms with van der Waals surface area (Å²) in [7, 11) is 2.13. The highest BCUT2D eigenvalue weighted by Gasteiger charge is 2.47. The van der Waals surface area contributed by atoms with E-state index in [4.69, 9.17) is 10.7 Å². The fourth-order valence-corrected chi connectivity index (χ4v) is 2.97. The van der Waals surface area contributed by atoms with Gasteiger partial charge in [0.05, 0.1) is 6.61 Å². The zero-order valence-corrected chi connectivity index (χ0v) is 10.4. The average molecular weight is 230 g/mol. The van der Waals surface area contributed by atoms with Crippen LogP contribution in [0.25, 0.3) is 10.9 Å². The molecule has 3 rings (SSSR count). The molecule has 2 aromatic rings. The summed E-state index contributed by atoms with van der Waals surface area (Å²) in [5.74, 6) is 5.29. The SMILES string of the molecule is Cc1c(C2(CON)CC2)c2ccccc2n1C. The molecule has 0 amide bonds. The molecular formula is C14H18N2O. The molecule has 0 bridgehead atoms. The predicted molar refractivity (Wildman–Crippen MR) is 68.7 cm³/mol. The van der Waals surface area contributed by atoms with Gasteiger partial charge in [-0.15, -0.1) is 0 Å². The van der Waals surface area contributed by atoms with E-state index in [0.29, 0.717) is 6.61 Å². The monoisotopic (exact) mass is 230 g/mol. The summed E-state index contributed by atoms with van der Waals surface area (Å²) in [6.45, 7) is 2.81. The number of nitrogens with two attached hydrogens (primary N) is 1. The number of aromatic nitrogens is 1. The smallest absolute Gasteiger partial charge is 0.0776 e. The third-order valence-electron chi connectivity index (χ3n) is 4.14. The van der Waals surface area contributed by atoms with Gasteiger partial charge in [0.1, 0.15) is 0 Å². The average Bonchev–Trinajstić information content (AvgIpc) is 3.05. The van der Waals surface area contributed by atoms with Gasteiger partial charge < -0.3 is 9.40 Å². The molecule has 0 saturated heterocycles. The lowest BCUT2D eigenvalue weighted by molar-refractivity contribution is 0.116. The van der Waals surface area contributed by atoms with Gasteiger partial charge in [0, 0.05) is 29.1 Å². The Balaban J connectivity index is 2.26. The van der Waals surface area contributed by atoms with E-state index in [1.807, 2.05) is 0 Å². The van der Waals surface area contributed by atoms with Gasteiger partial charge in [-0.25, -0.2) is 5.90 Å². The molecule has 1 saturated carbocycles. The van der Waals surface area contributed by atoms with Gasteiger partial charge in [-0.2, -0.15) is 0 Å². The highest BCUT2D eigenvalue weighted by Crippen LogP contribution is 2.52. The number of rotatable bonds is 3. The zero-order valence-electron chi connectivity index (χ0n) is 10.4. The van der Waals surface area contributed by atoms with Crippen LogP contribution < -0.4 is 5.90 Å². The third-order valence-corrected chi connectivity index (χ3v) is 4.14. The molecule has 3 heteroatoms. The Hall–Kier alpha value is -1.32. The molecule has 3 nitrogen and oxygen atoms in total. The maximum atomic E-state index is 5.29. The molecule has 1 aromatic carbocycles. The topological polar surface area (TPSA) is 40.2 Å². The number of aryl methyl sites for hydroxylation is 1. The van der Waals surface area contributed by atoms with Crippen LogP contribution in [0.3, 0.4) is 0 Å². The van der Waals surface area contributed by atoms with Crippen molar-refractivity contribution in [3.05, 3.63) is 35.5 Å². The summed E-state index contributed by atoms with van der Waals surface area (Å²) in [6.07, 6.45) is 2.36. The van der Waals surface area contributed by atoms with Crippen LogP contribution in [0.4, 0.5) is 0 Å². The quantitative estimate of drug-likeness (QED) is 0.822. The highest BCUT2D eigenvalue weighted by atomic mass is 16.6. The fraction of sp³-hybridized carbons (Fsp3) is 0.429. The number of fused-ring (bicyclic) bond motifs is 1. The van der Waals surface area contributed by atoms with Crippen molar-refractivity contribution < 1.29 is 4.84 Å². The normalized spacial score (nSPS) is 17.6. The Bertz CT molecular complexity index is 567. The van der Waals surface area contributed by atoms with Crippen molar-refractivity contribution in [1.82, 2.24) is 4.57 Å². The zero-order chi connectivity index (χ0) is 12.0. The molecular weight excluding hydrogens is 212 g/mol. The van der Waals surface area contributed by atoms with Crippen LogP contribution in [0, 0.1) is 6.92 Å². The standard InChI is InChI=1S/C14H18N2O/c1-10-13(14(7-8-14)9-17-15)11-5-3-4-6-12(11)16(10)2/h3-6H,7-9,15H2,1-2H3. The van der Waals surface area contributed by atoms with E-state index in [1.165, 1.54) is 35.0 Å². The first kappa shape index (κ1) is 10.8. The van der Waals surface area contributed by atoms with Crippen LogP contribution in [0.5, 0.6) is 0 Å². The van der Waals surface area contributed by atoms with E-state index < -0.39 is 0 Å². The first-order valence-corrected chi connectivity index (χ1v) is 6.06. The largest absolute Gasteiger partial charge is 0.348 e. The molecule has 0 atom stereocenters. The van der Waals surface area contributed by atoms with Crippen molar-refractivity contribution in [1.29, 1.82) is 0 Å². The van der Waals surface area contributed by atoms with Crippen molar-refractivity contribution in [2.45, 2.75) is 25.2 Å². The summed E-state index contributed by atoms with van der Waals surface area (Å²) >= 11 is 0. The minimum atomic E-state index is 0.166. The van der Waals surface area contributed by atoms with Gasteiger partial charge in [0.15, 0.2) is 0 Å². The number of hydrogen-bond acceptors (Lipinski definition) is 2.